The number of nitrogens with one attached hydrogen (secondary N) is 2. The van der Waals surface area contributed by atoms with Gasteiger partial charge in [-0.2, -0.15) is 0 Å². The third-order valence-corrected chi connectivity index (χ3v) is 5.61. The fraction of sp³-hybridized carbons (Fsp3) is 0.722. The Labute approximate surface area is 150 Å². The zero-order valence-electron chi connectivity index (χ0n) is 15.3. The van der Waals surface area contributed by atoms with E-state index in [1.807, 2.05) is 18.4 Å². The minimum Gasteiger partial charge on any atom is -0.385 e. The fourth-order valence-electron chi connectivity index (χ4n) is 3.07. The summed E-state index contributed by atoms with van der Waals surface area (Å²) in [5.74, 6) is 1.73. The van der Waals surface area contributed by atoms with Crippen LogP contribution in [0.25, 0.3) is 0 Å². The molecule has 6 heteroatoms. The van der Waals surface area contributed by atoms with Gasteiger partial charge in [0.1, 0.15) is 0 Å². The van der Waals surface area contributed by atoms with E-state index < -0.39 is 0 Å². The van der Waals surface area contributed by atoms with Gasteiger partial charge in [0, 0.05) is 38.7 Å². The van der Waals surface area contributed by atoms with Crippen molar-refractivity contribution in [1.29, 1.82) is 0 Å². The summed E-state index contributed by atoms with van der Waals surface area (Å²) in [6, 6.07) is 4.83. The zero-order chi connectivity index (χ0) is 17.2. The highest BCUT2D eigenvalue weighted by Crippen LogP contribution is 2.28. The van der Waals surface area contributed by atoms with Crippen molar-refractivity contribution >= 4 is 17.3 Å². The number of thiophene rings is 1. The number of aliphatic imine (C=N–C) groups is 1. The molecule has 1 aromatic rings. The second-order valence-electron chi connectivity index (χ2n) is 6.48. The molecule has 2 rings (SSSR count). The fourth-order valence-corrected chi connectivity index (χ4v) is 3.93. The predicted octanol–water partition coefficient (Wildman–Crippen LogP) is 2.72. The Morgan fingerprint density at radius 3 is 2.83 bits per heavy atom. The molecule has 1 atom stereocenters. The molecule has 0 aliphatic carbocycles. The van der Waals surface area contributed by atoms with Crippen LogP contribution >= 0.6 is 11.3 Å². The van der Waals surface area contributed by atoms with Crippen LogP contribution in [0.4, 0.5) is 0 Å². The van der Waals surface area contributed by atoms with Gasteiger partial charge in [-0.3, -0.25) is 9.89 Å². The average molecular weight is 353 g/mol. The molecular formula is C18H32N4OS. The molecule has 0 aromatic carbocycles. The molecule has 1 fully saturated rings. The van der Waals surface area contributed by atoms with Gasteiger partial charge < -0.3 is 15.4 Å². The van der Waals surface area contributed by atoms with Gasteiger partial charge in [0.2, 0.25) is 0 Å². The van der Waals surface area contributed by atoms with Crippen LogP contribution in [0, 0.1) is 5.92 Å². The maximum Gasteiger partial charge on any atom is 0.191 e. The number of hydrogen-bond donors (Lipinski definition) is 2. The summed E-state index contributed by atoms with van der Waals surface area (Å²) in [6.45, 7) is 7.27. The molecule has 1 aliphatic rings. The minimum absolute atomic E-state index is 0.426. The highest BCUT2D eigenvalue weighted by Gasteiger charge is 2.25. The lowest BCUT2D eigenvalue weighted by atomic mass is 9.97. The number of piperidine rings is 1. The molecule has 0 saturated carbocycles. The van der Waals surface area contributed by atoms with Gasteiger partial charge in [-0.1, -0.05) is 13.0 Å². The number of rotatable bonds is 8. The van der Waals surface area contributed by atoms with Crippen molar-refractivity contribution in [3.63, 3.8) is 0 Å². The van der Waals surface area contributed by atoms with Gasteiger partial charge >= 0.3 is 0 Å². The zero-order valence-corrected chi connectivity index (χ0v) is 16.1. The van der Waals surface area contributed by atoms with Crippen molar-refractivity contribution in [2.45, 2.75) is 32.2 Å². The highest BCUT2D eigenvalue weighted by molar-refractivity contribution is 7.10. The summed E-state index contributed by atoms with van der Waals surface area (Å²) in [5.41, 5.74) is 0. The summed E-state index contributed by atoms with van der Waals surface area (Å²) in [4.78, 5) is 8.39. The molecular weight excluding hydrogens is 320 g/mol. The first kappa shape index (κ1) is 19.2. The Hall–Kier alpha value is -1.11. The molecule has 24 heavy (non-hydrogen) atoms. The maximum atomic E-state index is 5.09. The highest BCUT2D eigenvalue weighted by atomic mass is 32.1. The monoisotopic (exact) mass is 352 g/mol. The standard InChI is InChI=1S/C18H32N4OS/c1-15-7-10-22(11-8-15)16(17-6-4-13-24-17)14-21-18(19-2)20-9-5-12-23-3/h4,6,13,15-16H,5,7-12,14H2,1-3H3,(H2,19,20,21). The number of nitrogens with zero attached hydrogens (tertiary/aromatic N) is 2. The molecule has 1 aromatic heterocycles. The number of ether oxygens (including phenoxy) is 1. The van der Waals surface area contributed by atoms with Crippen molar-refractivity contribution in [1.82, 2.24) is 15.5 Å². The van der Waals surface area contributed by atoms with Crippen LogP contribution in [0.2, 0.25) is 0 Å². The molecule has 136 valence electrons. The lowest BCUT2D eigenvalue weighted by molar-refractivity contribution is 0.140. The second-order valence-corrected chi connectivity index (χ2v) is 7.46. The lowest BCUT2D eigenvalue weighted by Crippen LogP contribution is -2.45. The summed E-state index contributed by atoms with van der Waals surface area (Å²) in [7, 11) is 3.56. The van der Waals surface area contributed by atoms with Crippen molar-refractivity contribution in [3.05, 3.63) is 22.4 Å². The Bertz CT molecular complexity index is 469. The van der Waals surface area contributed by atoms with Crippen LogP contribution in [0.3, 0.4) is 0 Å². The predicted molar refractivity (Wildman–Crippen MR) is 103 cm³/mol. The minimum atomic E-state index is 0.426. The van der Waals surface area contributed by atoms with Crippen molar-refractivity contribution in [3.8, 4) is 0 Å². The van der Waals surface area contributed by atoms with Crippen LogP contribution in [-0.2, 0) is 4.74 Å². The lowest BCUT2D eigenvalue weighted by Gasteiger charge is -2.36. The van der Waals surface area contributed by atoms with Crippen molar-refractivity contribution in [2.75, 3.05) is 46.9 Å². The van der Waals surface area contributed by atoms with Gasteiger partial charge in [-0.15, -0.1) is 11.3 Å². The van der Waals surface area contributed by atoms with E-state index in [0.29, 0.717) is 6.04 Å². The SMILES string of the molecule is CN=C(NCCCOC)NCC(c1cccs1)N1CCC(C)CC1. The average Bonchev–Trinajstić information content (AvgIpc) is 3.13. The largest absolute Gasteiger partial charge is 0.385 e. The van der Waals surface area contributed by atoms with Gasteiger partial charge in [-0.05, 0) is 49.7 Å². The van der Waals surface area contributed by atoms with E-state index >= 15 is 0 Å². The van der Waals surface area contributed by atoms with E-state index in [9.17, 15) is 0 Å². The first-order valence-corrected chi connectivity index (χ1v) is 9.83. The summed E-state index contributed by atoms with van der Waals surface area (Å²) >= 11 is 1.85. The van der Waals surface area contributed by atoms with Crippen LogP contribution in [0.5, 0.6) is 0 Å². The normalized spacial score (nSPS) is 18.5. The topological polar surface area (TPSA) is 48.9 Å². The van der Waals surface area contributed by atoms with Gasteiger partial charge in [-0.25, -0.2) is 0 Å². The molecule has 1 unspecified atom stereocenters. The van der Waals surface area contributed by atoms with E-state index in [4.69, 9.17) is 4.74 Å². The Kier molecular flexibility index (Phi) is 8.56. The molecule has 1 aliphatic heterocycles. The summed E-state index contributed by atoms with van der Waals surface area (Å²) in [6.07, 6.45) is 3.58. The second kappa shape index (κ2) is 10.7. The first-order valence-electron chi connectivity index (χ1n) is 8.95. The molecule has 2 heterocycles. The van der Waals surface area contributed by atoms with E-state index in [1.54, 1.807) is 7.11 Å². The van der Waals surface area contributed by atoms with Crippen LogP contribution in [-0.4, -0.2) is 57.8 Å². The van der Waals surface area contributed by atoms with Crippen LogP contribution in [0.15, 0.2) is 22.5 Å². The number of hydrogen-bond acceptors (Lipinski definition) is 4. The van der Waals surface area contributed by atoms with E-state index in [1.165, 1.54) is 30.8 Å². The first-order chi connectivity index (χ1) is 11.7. The summed E-state index contributed by atoms with van der Waals surface area (Å²) in [5, 5.41) is 9.04. The number of guanidine groups is 1. The molecule has 0 bridgehead atoms. The van der Waals surface area contributed by atoms with Gasteiger partial charge in [0.15, 0.2) is 5.96 Å². The third kappa shape index (κ3) is 6.07. The molecule has 0 amide bonds. The summed E-state index contributed by atoms with van der Waals surface area (Å²) < 4.78 is 5.09. The Balaban J connectivity index is 1.88. The molecule has 0 radical (unpaired) electrons. The quantitative estimate of drug-likeness (QED) is 0.429. The number of methoxy groups -OCH3 is 1. The van der Waals surface area contributed by atoms with Gasteiger partial charge in [0.05, 0.1) is 6.04 Å². The van der Waals surface area contributed by atoms with Gasteiger partial charge in [0.25, 0.3) is 0 Å². The maximum absolute atomic E-state index is 5.09. The Morgan fingerprint density at radius 2 is 2.21 bits per heavy atom. The van der Waals surface area contributed by atoms with Crippen molar-refractivity contribution in [2.24, 2.45) is 10.9 Å². The smallest absolute Gasteiger partial charge is 0.191 e. The molecule has 0 spiro atoms. The molecule has 5 nitrogen and oxygen atoms in total. The van der Waals surface area contributed by atoms with Crippen molar-refractivity contribution < 1.29 is 4.74 Å². The third-order valence-electron chi connectivity index (χ3n) is 4.63. The number of likely N-dealkylation sites (tertiary alicyclic amines) is 1. The van der Waals surface area contributed by atoms with Crippen LogP contribution < -0.4 is 10.6 Å². The molecule has 1 saturated heterocycles. The molecule has 2 N–H and O–H groups in total. The van der Waals surface area contributed by atoms with E-state index in [2.05, 4.69) is 45.0 Å². The van der Waals surface area contributed by atoms with E-state index in [0.717, 1.165) is 38.0 Å². The van der Waals surface area contributed by atoms with E-state index in [-0.39, 0.29) is 0 Å². The Morgan fingerprint density at radius 1 is 1.42 bits per heavy atom. The van der Waals surface area contributed by atoms with Crippen LogP contribution in [0.1, 0.15) is 37.1 Å².